The van der Waals surface area contributed by atoms with Gasteiger partial charge in [-0.2, -0.15) is 11.8 Å². The van der Waals surface area contributed by atoms with E-state index in [0.29, 0.717) is 6.54 Å². The molecule has 0 saturated carbocycles. The van der Waals surface area contributed by atoms with Gasteiger partial charge >= 0.3 is 0 Å². The Hall–Kier alpha value is -0.220. The van der Waals surface area contributed by atoms with Crippen molar-refractivity contribution >= 4 is 17.7 Å². The minimum absolute atomic E-state index is 0.0176. The molecule has 0 rings (SSSR count). The van der Waals surface area contributed by atoms with Crippen LogP contribution in [0, 0.1) is 0 Å². The quantitative estimate of drug-likeness (QED) is 0.643. The van der Waals surface area contributed by atoms with Crippen LogP contribution in [-0.2, 0) is 4.79 Å². The maximum absolute atomic E-state index is 11.2. The van der Waals surface area contributed by atoms with Gasteiger partial charge in [0.05, 0.1) is 5.25 Å². The molecule has 0 fully saturated rings. The average Bonchev–Trinajstić information content (AvgIpc) is 2.02. The summed E-state index contributed by atoms with van der Waals surface area (Å²) in [6, 6.07) is 0.0806. The molecule has 0 heterocycles. The summed E-state index contributed by atoms with van der Waals surface area (Å²) in [6.07, 6.45) is 1.91. The summed E-state index contributed by atoms with van der Waals surface area (Å²) >= 11 is 1.53. The van der Waals surface area contributed by atoms with Crippen molar-refractivity contribution in [3.8, 4) is 0 Å². The molecule has 0 aliphatic carbocycles. The van der Waals surface area contributed by atoms with Gasteiger partial charge in [-0.1, -0.05) is 0 Å². The predicted molar refractivity (Wildman–Crippen MR) is 49.6 cm³/mol. The van der Waals surface area contributed by atoms with Crippen molar-refractivity contribution in [3.63, 3.8) is 0 Å². The number of nitrogens with one attached hydrogen (secondary N) is 1. The number of carbonyl (C=O) groups excluding carboxylic acids is 1. The lowest BCUT2D eigenvalue weighted by Crippen LogP contribution is -2.41. The third kappa shape index (κ3) is 4.27. The highest BCUT2D eigenvalue weighted by molar-refractivity contribution is 7.99. The van der Waals surface area contributed by atoms with Crippen molar-refractivity contribution in [1.29, 1.82) is 0 Å². The van der Waals surface area contributed by atoms with Crippen molar-refractivity contribution in [1.82, 2.24) is 5.32 Å². The molecule has 3 nitrogen and oxygen atoms in total. The van der Waals surface area contributed by atoms with Crippen LogP contribution in [0.4, 0.5) is 0 Å². The summed E-state index contributed by atoms with van der Waals surface area (Å²) in [6.45, 7) is 4.26. The maximum Gasteiger partial charge on any atom is 0.233 e. The fourth-order valence-electron chi connectivity index (χ4n) is 0.526. The van der Waals surface area contributed by atoms with Crippen LogP contribution in [0.5, 0.6) is 0 Å². The Morgan fingerprint density at radius 1 is 1.64 bits per heavy atom. The van der Waals surface area contributed by atoms with Gasteiger partial charge in [0.2, 0.25) is 5.91 Å². The zero-order valence-corrected chi connectivity index (χ0v) is 8.07. The first-order valence-electron chi connectivity index (χ1n) is 3.65. The van der Waals surface area contributed by atoms with E-state index < -0.39 is 0 Å². The maximum atomic E-state index is 11.2. The van der Waals surface area contributed by atoms with E-state index >= 15 is 0 Å². The Morgan fingerprint density at radius 3 is 2.55 bits per heavy atom. The van der Waals surface area contributed by atoms with Gasteiger partial charge in [0.25, 0.3) is 0 Å². The number of nitrogens with two attached hydrogens (primary N) is 1. The van der Waals surface area contributed by atoms with Crippen LogP contribution >= 0.6 is 11.8 Å². The van der Waals surface area contributed by atoms with Crippen LogP contribution in [0.1, 0.15) is 13.8 Å². The number of amides is 1. The molecule has 0 bridgehead atoms. The number of thioether (sulfide) groups is 1. The lowest BCUT2D eigenvalue weighted by Gasteiger charge is -2.14. The summed E-state index contributed by atoms with van der Waals surface area (Å²) < 4.78 is 0. The molecule has 3 N–H and O–H groups in total. The van der Waals surface area contributed by atoms with Crippen molar-refractivity contribution in [3.05, 3.63) is 0 Å². The zero-order chi connectivity index (χ0) is 8.85. The zero-order valence-electron chi connectivity index (χ0n) is 7.26. The van der Waals surface area contributed by atoms with Crippen LogP contribution in [0.15, 0.2) is 0 Å². The Morgan fingerprint density at radius 2 is 2.18 bits per heavy atom. The summed E-state index contributed by atoms with van der Waals surface area (Å²) in [5.74, 6) is 0.0652. The minimum Gasteiger partial charge on any atom is -0.351 e. The topological polar surface area (TPSA) is 55.1 Å². The van der Waals surface area contributed by atoms with E-state index in [0.717, 1.165) is 0 Å². The second kappa shape index (κ2) is 5.43. The normalized spacial score (nSPS) is 15.6. The molecular weight excluding hydrogens is 160 g/mol. The average molecular weight is 176 g/mol. The molecule has 0 aromatic heterocycles. The number of rotatable bonds is 4. The van der Waals surface area contributed by atoms with Crippen LogP contribution in [0.25, 0.3) is 0 Å². The number of hydrogen-bond donors (Lipinski definition) is 2. The predicted octanol–water partition coefficient (Wildman–Crippen LogP) is 0.201. The third-order valence-corrected chi connectivity index (χ3v) is 2.39. The molecule has 0 spiro atoms. The molecule has 1 unspecified atom stereocenters. The van der Waals surface area contributed by atoms with Crippen LogP contribution in [0.3, 0.4) is 0 Å². The lowest BCUT2D eigenvalue weighted by atomic mass is 10.3. The lowest BCUT2D eigenvalue weighted by molar-refractivity contribution is -0.120. The SMILES string of the molecule is CSC(C)C(=O)N[C@@H](C)CN. The van der Waals surface area contributed by atoms with Gasteiger partial charge in [0.15, 0.2) is 0 Å². The van der Waals surface area contributed by atoms with Crippen LogP contribution in [-0.4, -0.2) is 30.0 Å². The molecular formula is C7H16N2OS. The highest BCUT2D eigenvalue weighted by atomic mass is 32.2. The van der Waals surface area contributed by atoms with Gasteiger partial charge in [-0.3, -0.25) is 4.79 Å². The van der Waals surface area contributed by atoms with E-state index in [1.54, 1.807) is 0 Å². The van der Waals surface area contributed by atoms with Crippen molar-refractivity contribution in [2.24, 2.45) is 5.73 Å². The van der Waals surface area contributed by atoms with E-state index in [-0.39, 0.29) is 17.2 Å². The van der Waals surface area contributed by atoms with Crippen molar-refractivity contribution in [2.75, 3.05) is 12.8 Å². The minimum atomic E-state index is 0.0176. The summed E-state index contributed by atoms with van der Waals surface area (Å²) in [4.78, 5) is 11.2. The molecule has 0 aromatic carbocycles. The number of hydrogen-bond acceptors (Lipinski definition) is 3. The molecule has 0 saturated heterocycles. The molecule has 4 heteroatoms. The Kier molecular flexibility index (Phi) is 5.32. The monoisotopic (exact) mass is 176 g/mol. The standard InChI is InChI=1S/C7H16N2OS/c1-5(4-8)9-7(10)6(2)11-3/h5-6H,4,8H2,1-3H3,(H,9,10)/t5-,6?/m0/s1. The largest absolute Gasteiger partial charge is 0.351 e. The summed E-state index contributed by atoms with van der Waals surface area (Å²) in [5.41, 5.74) is 5.34. The van der Waals surface area contributed by atoms with Gasteiger partial charge in [0, 0.05) is 12.6 Å². The highest BCUT2D eigenvalue weighted by Crippen LogP contribution is 2.04. The van der Waals surface area contributed by atoms with Crippen molar-refractivity contribution < 1.29 is 4.79 Å². The first-order chi connectivity index (χ1) is 5.11. The number of carbonyl (C=O) groups is 1. The molecule has 66 valence electrons. The fourth-order valence-corrected chi connectivity index (χ4v) is 0.808. The smallest absolute Gasteiger partial charge is 0.233 e. The fraction of sp³-hybridized carbons (Fsp3) is 0.857. The van der Waals surface area contributed by atoms with Gasteiger partial charge < -0.3 is 11.1 Å². The van der Waals surface area contributed by atoms with E-state index in [2.05, 4.69) is 5.32 Å². The Bertz CT molecular complexity index is 130. The van der Waals surface area contributed by atoms with E-state index in [9.17, 15) is 4.79 Å². The first-order valence-corrected chi connectivity index (χ1v) is 4.93. The Balaban J connectivity index is 3.68. The molecule has 0 aromatic rings. The van der Waals surface area contributed by atoms with Crippen molar-refractivity contribution in [2.45, 2.75) is 25.1 Å². The molecule has 0 radical (unpaired) electrons. The molecule has 0 aliphatic heterocycles. The van der Waals surface area contributed by atoms with Gasteiger partial charge in [0.1, 0.15) is 0 Å². The summed E-state index contributed by atoms with van der Waals surface area (Å²) in [5, 5.41) is 2.81. The van der Waals surface area contributed by atoms with Gasteiger partial charge in [-0.15, -0.1) is 0 Å². The molecule has 11 heavy (non-hydrogen) atoms. The first kappa shape index (κ1) is 10.8. The second-order valence-corrected chi connectivity index (χ2v) is 3.70. The van der Waals surface area contributed by atoms with E-state index in [1.807, 2.05) is 20.1 Å². The molecule has 0 aliphatic rings. The third-order valence-electron chi connectivity index (χ3n) is 1.46. The molecule has 1 amide bonds. The van der Waals surface area contributed by atoms with E-state index in [4.69, 9.17) is 5.73 Å². The summed E-state index contributed by atoms with van der Waals surface area (Å²) in [7, 11) is 0. The van der Waals surface area contributed by atoms with Gasteiger partial charge in [-0.05, 0) is 20.1 Å². The van der Waals surface area contributed by atoms with E-state index in [1.165, 1.54) is 11.8 Å². The Labute approximate surface area is 72.1 Å². The second-order valence-electron chi connectivity index (χ2n) is 2.52. The highest BCUT2D eigenvalue weighted by Gasteiger charge is 2.12. The molecule has 2 atom stereocenters. The van der Waals surface area contributed by atoms with Gasteiger partial charge in [-0.25, -0.2) is 0 Å². The van der Waals surface area contributed by atoms with Crippen LogP contribution in [0.2, 0.25) is 0 Å². The van der Waals surface area contributed by atoms with Crippen LogP contribution < -0.4 is 11.1 Å².